The highest BCUT2D eigenvalue weighted by Crippen LogP contribution is 2.37. The van der Waals surface area contributed by atoms with Gasteiger partial charge in [-0.05, 0) is 31.9 Å². The van der Waals surface area contributed by atoms with Crippen LogP contribution in [-0.2, 0) is 15.9 Å². The van der Waals surface area contributed by atoms with Crippen molar-refractivity contribution in [1.82, 2.24) is 4.90 Å². The minimum atomic E-state index is -0.494. The molecule has 20 heavy (non-hydrogen) atoms. The summed E-state index contributed by atoms with van der Waals surface area (Å²) in [5.74, 6) is 0. The Hall–Kier alpha value is -1.55. The van der Waals surface area contributed by atoms with E-state index < -0.39 is 5.60 Å². The van der Waals surface area contributed by atoms with Gasteiger partial charge in [-0.25, -0.2) is 4.79 Å². The van der Waals surface area contributed by atoms with E-state index >= 15 is 0 Å². The Morgan fingerprint density at radius 3 is 2.55 bits per heavy atom. The third-order valence-electron chi connectivity index (χ3n) is 3.55. The fourth-order valence-electron chi connectivity index (χ4n) is 2.66. The first kappa shape index (κ1) is 14.9. The van der Waals surface area contributed by atoms with Crippen LogP contribution in [0.5, 0.6) is 0 Å². The van der Waals surface area contributed by atoms with Crippen LogP contribution >= 0.6 is 0 Å². The third-order valence-corrected chi connectivity index (χ3v) is 3.55. The smallest absolute Gasteiger partial charge is 0.410 e. The Labute approximate surface area is 120 Å². The molecule has 4 heteroatoms. The first-order valence-corrected chi connectivity index (χ1v) is 6.90. The van der Waals surface area contributed by atoms with Crippen LogP contribution in [0.25, 0.3) is 0 Å². The molecular formula is C16H23NO3. The molecule has 2 rings (SSSR count). The molecule has 1 aliphatic carbocycles. The van der Waals surface area contributed by atoms with Gasteiger partial charge in [0.1, 0.15) is 5.60 Å². The number of carbonyl (C=O) groups excluding carboxylic acids is 1. The summed E-state index contributed by atoms with van der Waals surface area (Å²) < 4.78 is 11.0. The summed E-state index contributed by atoms with van der Waals surface area (Å²) in [5.41, 5.74) is 1.89. The average Bonchev–Trinajstić information content (AvgIpc) is 2.74. The molecule has 0 bridgehead atoms. The summed E-state index contributed by atoms with van der Waals surface area (Å²) in [4.78, 5) is 13.9. The van der Waals surface area contributed by atoms with Crippen LogP contribution in [-0.4, -0.2) is 36.9 Å². The number of amides is 1. The van der Waals surface area contributed by atoms with Crippen molar-refractivity contribution in [1.29, 1.82) is 0 Å². The lowest BCUT2D eigenvalue weighted by Gasteiger charge is -2.31. The van der Waals surface area contributed by atoms with Gasteiger partial charge in [-0.2, -0.15) is 0 Å². The number of fused-ring (bicyclic) bond motifs is 1. The van der Waals surface area contributed by atoms with Gasteiger partial charge in [0.2, 0.25) is 0 Å². The van der Waals surface area contributed by atoms with E-state index in [1.165, 1.54) is 5.56 Å². The summed E-state index contributed by atoms with van der Waals surface area (Å²) in [6, 6.07) is 8.06. The third kappa shape index (κ3) is 2.96. The van der Waals surface area contributed by atoms with Crippen LogP contribution in [0.2, 0.25) is 0 Å². The van der Waals surface area contributed by atoms with Crippen LogP contribution in [0.1, 0.15) is 37.9 Å². The van der Waals surface area contributed by atoms with Gasteiger partial charge in [0.25, 0.3) is 0 Å². The van der Waals surface area contributed by atoms with Gasteiger partial charge in [-0.3, -0.25) is 0 Å². The van der Waals surface area contributed by atoms with E-state index in [2.05, 4.69) is 12.1 Å². The van der Waals surface area contributed by atoms with Crippen molar-refractivity contribution in [2.45, 2.75) is 44.9 Å². The first-order valence-electron chi connectivity index (χ1n) is 6.90. The zero-order valence-electron chi connectivity index (χ0n) is 12.8. The summed E-state index contributed by atoms with van der Waals surface area (Å²) in [7, 11) is 3.46. The highest BCUT2D eigenvalue weighted by atomic mass is 16.6. The molecule has 1 amide bonds. The zero-order valence-corrected chi connectivity index (χ0v) is 12.8. The van der Waals surface area contributed by atoms with Crippen LogP contribution in [0.3, 0.4) is 0 Å². The fourth-order valence-corrected chi connectivity index (χ4v) is 2.66. The van der Waals surface area contributed by atoms with E-state index in [1.54, 1.807) is 19.1 Å². The predicted octanol–water partition coefficient (Wildman–Crippen LogP) is 3.17. The number of benzene rings is 1. The maximum atomic E-state index is 12.3. The Bertz CT molecular complexity index is 493. The van der Waals surface area contributed by atoms with Crippen molar-refractivity contribution < 1.29 is 14.3 Å². The predicted molar refractivity (Wildman–Crippen MR) is 77.7 cm³/mol. The topological polar surface area (TPSA) is 38.8 Å². The lowest BCUT2D eigenvalue weighted by Crippen LogP contribution is -2.40. The summed E-state index contributed by atoms with van der Waals surface area (Å²) >= 11 is 0. The zero-order chi connectivity index (χ0) is 14.9. The first-order chi connectivity index (χ1) is 9.33. The van der Waals surface area contributed by atoms with Gasteiger partial charge in [-0.1, -0.05) is 24.3 Å². The molecule has 2 atom stereocenters. The second kappa shape index (κ2) is 5.44. The van der Waals surface area contributed by atoms with Crippen molar-refractivity contribution >= 4 is 6.09 Å². The molecule has 0 saturated heterocycles. The van der Waals surface area contributed by atoms with E-state index in [9.17, 15) is 4.79 Å². The van der Waals surface area contributed by atoms with Gasteiger partial charge in [0.15, 0.2) is 0 Å². The minimum Gasteiger partial charge on any atom is -0.444 e. The maximum absolute atomic E-state index is 12.3. The molecule has 0 heterocycles. The van der Waals surface area contributed by atoms with Gasteiger partial charge in [0, 0.05) is 20.6 Å². The van der Waals surface area contributed by atoms with E-state index in [1.807, 2.05) is 32.9 Å². The monoisotopic (exact) mass is 277 g/mol. The van der Waals surface area contributed by atoms with Crippen LogP contribution in [0.15, 0.2) is 24.3 Å². The van der Waals surface area contributed by atoms with Crippen molar-refractivity contribution in [3.63, 3.8) is 0 Å². The molecule has 110 valence electrons. The lowest BCUT2D eigenvalue weighted by molar-refractivity contribution is -0.00471. The second-order valence-corrected chi connectivity index (χ2v) is 6.21. The highest BCUT2D eigenvalue weighted by molar-refractivity contribution is 5.69. The number of ether oxygens (including phenoxy) is 2. The number of hydrogen-bond donors (Lipinski definition) is 0. The molecule has 1 aromatic carbocycles. The van der Waals surface area contributed by atoms with Gasteiger partial charge < -0.3 is 14.4 Å². The molecule has 1 aliphatic rings. The van der Waals surface area contributed by atoms with Crippen LogP contribution < -0.4 is 0 Å². The molecule has 0 aliphatic heterocycles. The Kier molecular flexibility index (Phi) is 4.04. The number of methoxy groups -OCH3 is 1. The maximum Gasteiger partial charge on any atom is 0.410 e. The molecule has 0 fully saturated rings. The second-order valence-electron chi connectivity index (χ2n) is 6.21. The molecule has 0 saturated carbocycles. The summed E-state index contributed by atoms with van der Waals surface area (Å²) in [5, 5.41) is 0. The molecule has 0 radical (unpaired) electrons. The Morgan fingerprint density at radius 2 is 1.95 bits per heavy atom. The summed E-state index contributed by atoms with van der Waals surface area (Å²) in [6.45, 7) is 5.61. The van der Waals surface area contributed by atoms with Crippen LogP contribution in [0, 0.1) is 0 Å². The molecule has 0 aromatic heterocycles. The standard InChI is InChI=1S/C16H23NO3/c1-16(2,3)20-15(18)17(4)14-12-9-7-6-8-11(12)10-13(14)19-5/h6-9,13-14H,10H2,1-5H3/t13-,14-/m1/s1. The SMILES string of the molecule is CO[C@@H]1Cc2ccccc2[C@H]1N(C)C(=O)OC(C)(C)C. The fraction of sp³-hybridized carbons (Fsp3) is 0.562. The highest BCUT2D eigenvalue weighted by Gasteiger charge is 2.38. The van der Waals surface area contributed by atoms with E-state index in [-0.39, 0.29) is 18.2 Å². The molecule has 4 nitrogen and oxygen atoms in total. The van der Waals surface area contributed by atoms with Crippen molar-refractivity contribution in [3.05, 3.63) is 35.4 Å². The Morgan fingerprint density at radius 1 is 1.30 bits per heavy atom. The average molecular weight is 277 g/mol. The molecule has 1 aromatic rings. The Balaban J connectivity index is 2.23. The number of hydrogen-bond acceptors (Lipinski definition) is 3. The lowest BCUT2D eigenvalue weighted by atomic mass is 10.1. The number of likely N-dealkylation sites (N-methyl/N-ethyl adjacent to an activating group) is 1. The van der Waals surface area contributed by atoms with E-state index in [4.69, 9.17) is 9.47 Å². The minimum absolute atomic E-state index is 0.0232. The number of carbonyl (C=O) groups is 1. The quantitative estimate of drug-likeness (QED) is 0.833. The van der Waals surface area contributed by atoms with Gasteiger partial charge in [0.05, 0.1) is 12.1 Å². The van der Waals surface area contributed by atoms with Gasteiger partial charge >= 0.3 is 6.09 Å². The van der Waals surface area contributed by atoms with Crippen molar-refractivity contribution in [2.75, 3.05) is 14.2 Å². The molecule has 0 N–H and O–H groups in total. The number of nitrogens with zero attached hydrogens (tertiary/aromatic N) is 1. The van der Waals surface area contributed by atoms with Gasteiger partial charge in [-0.15, -0.1) is 0 Å². The molecule has 0 unspecified atom stereocenters. The van der Waals surface area contributed by atoms with Crippen molar-refractivity contribution in [2.24, 2.45) is 0 Å². The molecular weight excluding hydrogens is 254 g/mol. The number of rotatable bonds is 2. The van der Waals surface area contributed by atoms with Crippen molar-refractivity contribution in [3.8, 4) is 0 Å². The van der Waals surface area contributed by atoms with E-state index in [0.29, 0.717) is 0 Å². The normalized spacial score (nSPS) is 21.4. The molecule has 0 spiro atoms. The largest absolute Gasteiger partial charge is 0.444 e. The summed E-state index contributed by atoms with van der Waals surface area (Å²) in [6.07, 6.45) is 0.482. The van der Waals surface area contributed by atoms with Crippen LogP contribution in [0.4, 0.5) is 4.79 Å². The van der Waals surface area contributed by atoms with E-state index in [0.717, 1.165) is 12.0 Å².